The minimum atomic E-state index is 0.564. The summed E-state index contributed by atoms with van der Waals surface area (Å²) >= 11 is 0. The van der Waals surface area contributed by atoms with Crippen LogP contribution in [0.5, 0.6) is 0 Å². The van der Waals surface area contributed by atoms with Crippen LogP contribution in [0.25, 0.3) is 0 Å². The van der Waals surface area contributed by atoms with Gasteiger partial charge in [-0.05, 0) is 12.1 Å². The van der Waals surface area contributed by atoms with Crippen LogP contribution in [0.3, 0.4) is 0 Å². The first-order valence-electron chi connectivity index (χ1n) is 6.41. The van der Waals surface area contributed by atoms with Crippen LogP contribution in [0.15, 0.2) is 0 Å². The fourth-order valence-corrected chi connectivity index (χ4v) is 2.65. The fourth-order valence-electron chi connectivity index (χ4n) is 2.65. The summed E-state index contributed by atoms with van der Waals surface area (Å²) in [6.07, 6.45) is 12.5. The molecular formula is C12H25BO. The van der Waals surface area contributed by atoms with Gasteiger partial charge in [0.2, 0.25) is 0 Å². The van der Waals surface area contributed by atoms with Crippen LogP contribution >= 0.6 is 0 Å². The fraction of sp³-hybridized carbons (Fsp3) is 1.00. The third kappa shape index (κ3) is 4.04. The predicted molar refractivity (Wildman–Crippen MR) is 63.9 cm³/mol. The molecule has 0 aromatic heterocycles. The van der Waals surface area contributed by atoms with Crippen LogP contribution in [0.2, 0.25) is 12.1 Å². The van der Waals surface area contributed by atoms with Gasteiger partial charge in [0.25, 0.3) is 6.92 Å². The van der Waals surface area contributed by atoms with Gasteiger partial charge in [0.05, 0.1) is 0 Å². The first-order valence-corrected chi connectivity index (χ1v) is 6.41. The molecule has 0 aromatic rings. The lowest BCUT2D eigenvalue weighted by molar-refractivity contribution is 0.401. The average molecular weight is 196 g/mol. The molecule has 0 spiro atoms. The van der Waals surface area contributed by atoms with E-state index in [0.717, 1.165) is 5.82 Å². The van der Waals surface area contributed by atoms with E-state index in [-0.39, 0.29) is 0 Å². The summed E-state index contributed by atoms with van der Waals surface area (Å²) in [6.45, 7) is 2.83. The van der Waals surface area contributed by atoms with Gasteiger partial charge in [-0.3, -0.25) is 0 Å². The highest BCUT2D eigenvalue weighted by atomic mass is 16.4. The highest BCUT2D eigenvalue weighted by molar-refractivity contribution is 6.53. The molecule has 0 amide bonds. The summed E-state index contributed by atoms with van der Waals surface area (Å²) < 4.78 is 5.61. The predicted octanol–water partition coefficient (Wildman–Crippen LogP) is 4.15. The zero-order chi connectivity index (χ0) is 10.2. The van der Waals surface area contributed by atoms with E-state index in [1.165, 1.54) is 57.7 Å². The summed E-state index contributed by atoms with van der Waals surface area (Å²) in [5.74, 6) is 0.877. The minimum Gasteiger partial charge on any atom is -0.438 e. The van der Waals surface area contributed by atoms with Gasteiger partial charge in [0.15, 0.2) is 0 Å². The molecule has 2 heteroatoms. The second-order valence-corrected chi connectivity index (χ2v) is 4.67. The van der Waals surface area contributed by atoms with E-state index in [4.69, 9.17) is 4.65 Å². The van der Waals surface area contributed by atoms with Crippen LogP contribution in [0.4, 0.5) is 0 Å². The van der Waals surface area contributed by atoms with Crippen molar-refractivity contribution >= 4 is 6.92 Å². The molecule has 1 aliphatic carbocycles. The number of rotatable bonds is 7. The standard InChI is InChI=1S/C12H25BO/c1-3-4-5-8-11-13(14-2)12-9-6-7-10-12/h12H,3-11H2,1-2H3. The monoisotopic (exact) mass is 196 g/mol. The van der Waals surface area contributed by atoms with E-state index >= 15 is 0 Å². The summed E-state index contributed by atoms with van der Waals surface area (Å²) in [7, 11) is 1.89. The van der Waals surface area contributed by atoms with Crippen molar-refractivity contribution in [3.8, 4) is 0 Å². The van der Waals surface area contributed by atoms with Crippen molar-refractivity contribution in [2.75, 3.05) is 7.11 Å². The van der Waals surface area contributed by atoms with Gasteiger partial charge in [0.1, 0.15) is 0 Å². The lowest BCUT2D eigenvalue weighted by Crippen LogP contribution is -2.21. The Bertz CT molecular complexity index is 132. The van der Waals surface area contributed by atoms with Crippen molar-refractivity contribution in [3.05, 3.63) is 0 Å². The van der Waals surface area contributed by atoms with Gasteiger partial charge >= 0.3 is 0 Å². The van der Waals surface area contributed by atoms with E-state index in [9.17, 15) is 0 Å². The van der Waals surface area contributed by atoms with Gasteiger partial charge in [-0.15, -0.1) is 0 Å². The first kappa shape index (κ1) is 12.1. The summed E-state index contributed by atoms with van der Waals surface area (Å²) in [6, 6.07) is 0. The molecule has 1 saturated carbocycles. The topological polar surface area (TPSA) is 9.23 Å². The molecule has 0 saturated heterocycles. The molecule has 0 atom stereocenters. The minimum absolute atomic E-state index is 0.564. The number of unbranched alkanes of at least 4 members (excludes halogenated alkanes) is 3. The van der Waals surface area contributed by atoms with Gasteiger partial charge in [0, 0.05) is 7.11 Å². The van der Waals surface area contributed by atoms with Gasteiger partial charge in [-0.1, -0.05) is 58.3 Å². The first-order chi connectivity index (χ1) is 6.88. The van der Waals surface area contributed by atoms with E-state index in [2.05, 4.69) is 6.92 Å². The third-order valence-electron chi connectivity index (χ3n) is 3.57. The van der Waals surface area contributed by atoms with Crippen molar-refractivity contribution in [2.24, 2.45) is 0 Å². The number of hydrogen-bond donors (Lipinski definition) is 0. The Balaban J connectivity index is 2.11. The summed E-state index contributed by atoms with van der Waals surface area (Å²) in [5, 5.41) is 0. The van der Waals surface area contributed by atoms with E-state index < -0.39 is 0 Å². The average Bonchev–Trinajstić information content (AvgIpc) is 2.71. The Kier molecular flexibility index (Phi) is 6.34. The number of hydrogen-bond acceptors (Lipinski definition) is 1. The Hall–Kier alpha value is 0.0249. The Morgan fingerprint density at radius 1 is 1.14 bits per heavy atom. The van der Waals surface area contributed by atoms with Crippen LogP contribution in [0, 0.1) is 0 Å². The third-order valence-corrected chi connectivity index (χ3v) is 3.57. The zero-order valence-electron chi connectivity index (χ0n) is 9.93. The summed E-state index contributed by atoms with van der Waals surface area (Å²) in [4.78, 5) is 0. The largest absolute Gasteiger partial charge is 0.438 e. The lowest BCUT2D eigenvalue weighted by atomic mass is 9.52. The lowest BCUT2D eigenvalue weighted by Gasteiger charge is -2.17. The molecule has 0 unspecified atom stereocenters. The van der Waals surface area contributed by atoms with E-state index in [0.29, 0.717) is 6.92 Å². The van der Waals surface area contributed by atoms with Crippen molar-refractivity contribution in [3.63, 3.8) is 0 Å². The van der Waals surface area contributed by atoms with Gasteiger partial charge in [-0.2, -0.15) is 0 Å². The molecule has 82 valence electrons. The van der Waals surface area contributed by atoms with Gasteiger partial charge in [-0.25, -0.2) is 0 Å². The van der Waals surface area contributed by atoms with Gasteiger partial charge < -0.3 is 4.65 Å². The highest BCUT2D eigenvalue weighted by Gasteiger charge is 2.28. The molecule has 0 N–H and O–H groups in total. The maximum absolute atomic E-state index is 5.61. The van der Waals surface area contributed by atoms with Crippen LogP contribution in [-0.2, 0) is 4.65 Å². The molecule has 1 fully saturated rings. The molecule has 1 nitrogen and oxygen atoms in total. The molecule has 0 aliphatic heterocycles. The maximum Gasteiger partial charge on any atom is 0.295 e. The Morgan fingerprint density at radius 3 is 2.43 bits per heavy atom. The summed E-state index contributed by atoms with van der Waals surface area (Å²) in [5.41, 5.74) is 0. The van der Waals surface area contributed by atoms with Crippen molar-refractivity contribution < 1.29 is 4.65 Å². The van der Waals surface area contributed by atoms with Crippen LogP contribution in [0.1, 0.15) is 58.3 Å². The smallest absolute Gasteiger partial charge is 0.295 e. The normalized spacial score (nSPS) is 17.6. The molecule has 0 radical (unpaired) electrons. The van der Waals surface area contributed by atoms with Crippen molar-refractivity contribution in [1.82, 2.24) is 0 Å². The second-order valence-electron chi connectivity index (χ2n) is 4.67. The highest BCUT2D eigenvalue weighted by Crippen LogP contribution is 2.34. The Labute approximate surface area is 89.7 Å². The van der Waals surface area contributed by atoms with Crippen LogP contribution < -0.4 is 0 Å². The molecule has 1 rings (SSSR count). The molecule has 0 aromatic carbocycles. The van der Waals surface area contributed by atoms with E-state index in [1.54, 1.807) is 0 Å². The second kappa shape index (κ2) is 7.33. The maximum atomic E-state index is 5.61. The molecule has 0 heterocycles. The van der Waals surface area contributed by atoms with Crippen LogP contribution in [-0.4, -0.2) is 14.0 Å². The SMILES string of the molecule is CCCCCCB(OC)C1CCCC1. The Morgan fingerprint density at radius 2 is 1.86 bits per heavy atom. The van der Waals surface area contributed by atoms with E-state index in [1.807, 2.05) is 7.11 Å². The van der Waals surface area contributed by atoms with Crippen molar-refractivity contribution in [2.45, 2.75) is 70.4 Å². The molecular weight excluding hydrogens is 171 g/mol. The van der Waals surface area contributed by atoms with Crippen molar-refractivity contribution in [1.29, 1.82) is 0 Å². The molecule has 0 bridgehead atoms. The quantitative estimate of drug-likeness (QED) is 0.439. The molecule has 14 heavy (non-hydrogen) atoms. The molecule has 1 aliphatic rings. The zero-order valence-corrected chi connectivity index (χ0v) is 9.93.